The average molecular weight is 218 g/mol. The molecule has 0 unspecified atom stereocenters. The van der Waals surface area contributed by atoms with Crippen LogP contribution in [0.25, 0.3) is 0 Å². The summed E-state index contributed by atoms with van der Waals surface area (Å²) in [7, 11) is 0. The van der Waals surface area contributed by atoms with E-state index in [0.29, 0.717) is 0 Å². The fourth-order valence-electron chi connectivity index (χ4n) is 1.12. The number of rotatable bonds is 3. The highest BCUT2D eigenvalue weighted by Gasteiger charge is 2.20. The smallest absolute Gasteiger partial charge is 0.280 e. The molecule has 7 heteroatoms. The van der Waals surface area contributed by atoms with Crippen LogP contribution in [0.15, 0.2) is 6.07 Å². The van der Waals surface area contributed by atoms with E-state index < -0.39 is 29.3 Å². The molecule has 0 radical (unpaired) electrons. The van der Waals surface area contributed by atoms with Crippen LogP contribution >= 0.6 is 0 Å². The molecule has 15 heavy (non-hydrogen) atoms. The van der Waals surface area contributed by atoms with Crippen molar-refractivity contribution in [1.29, 1.82) is 0 Å². The molecule has 0 bridgehead atoms. The minimum Gasteiger partial charge on any atom is -0.390 e. The van der Waals surface area contributed by atoms with Gasteiger partial charge in [-0.1, -0.05) is 0 Å². The summed E-state index contributed by atoms with van der Waals surface area (Å²) < 4.78 is 24.6. The van der Waals surface area contributed by atoms with Gasteiger partial charge in [-0.3, -0.25) is 10.1 Å². The van der Waals surface area contributed by atoms with Gasteiger partial charge in [0.05, 0.1) is 22.8 Å². The molecule has 82 valence electrons. The van der Waals surface area contributed by atoms with Crippen molar-refractivity contribution in [3.63, 3.8) is 0 Å². The van der Waals surface area contributed by atoms with Gasteiger partial charge in [0, 0.05) is 6.07 Å². The Morgan fingerprint density at radius 1 is 1.67 bits per heavy atom. The normalized spacial score (nSPS) is 10.7. The Balaban J connectivity index is 3.38. The molecule has 0 aliphatic carbocycles. The Labute approximate surface area is 83.5 Å². The lowest BCUT2D eigenvalue weighted by Gasteiger charge is -2.05. The van der Waals surface area contributed by atoms with Crippen molar-refractivity contribution >= 4 is 5.69 Å². The van der Waals surface area contributed by atoms with E-state index in [1.54, 1.807) is 0 Å². The van der Waals surface area contributed by atoms with Crippen LogP contribution in [0.2, 0.25) is 0 Å². The summed E-state index contributed by atoms with van der Waals surface area (Å²) in [6, 6.07) is 0.721. The number of aliphatic hydroxyl groups excluding tert-OH is 1. The molecule has 0 saturated heterocycles. The van der Waals surface area contributed by atoms with Crippen LogP contribution in [0.3, 0.4) is 0 Å². The number of nitro groups is 1. The summed E-state index contributed by atoms with van der Waals surface area (Å²) in [5.41, 5.74) is -1.15. The Morgan fingerprint density at radius 2 is 2.27 bits per heavy atom. The second-order valence-electron chi connectivity index (χ2n) is 2.85. The molecule has 0 amide bonds. The highest BCUT2D eigenvalue weighted by Crippen LogP contribution is 2.26. The first-order valence-corrected chi connectivity index (χ1v) is 4.01. The Bertz CT molecular complexity index is 396. The second-order valence-corrected chi connectivity index (χ2v) is 2.85. The van der Waals surface area contributed by atoms with E-state index in [-0.39, 0.29) is 11.3 Å². The van der Waals surface area contributed by atoms with Crippen LogP contribution in [-0.4, -0.2) is 15.0 Å². The van der Waals surface area contributed by atoms with Gasteiger partial charge >= 0.3 is 0 Å². The SMILES string of the molecule is Cc1c([N+](=O)[O-])cc(C(F)F)nc1CO. The third kappa shape index (κ3) is 2.24. The van der Waals surface area contributed by atoms with E-state index in [0.717, 1.165) is 6.07 Å². The topological polar surface area (TPSA) is 76.3 Å². The molecule has 1 aromatic heterocycles. The van der Waals surface area contributed by atoms with Crippen LogP contribution < -0.4 is 0 Å². The third-order valence-electron chi connectivity index (χ3n) is 1.94. The van der Waals surface area contributed by atoms with Crippen LogP contribution in [0, 0.1) is 17.0 Å². The Morgan fingerprint density at radius 3 is 2.67 bits per heavy atom. The van der Waals surface area contributed by atoms with Gasteiger partial charge in [-0.25, -0.2) is 13.8 Å². The number of nitrogens with zero attached hydrogens (tertiary/aromatic N) is 2. The molecule has 0 fully saturated rings. The molecular formula is C8H8F2N2O3. The van der Waals surface area contributed by atoms with Gasteiger partial charge in [0.1, 0.15) is 5.69 Å². The molecule has 0 spiro atoms. The van der Waals surface area contributed by atoms with Crippen molar-refractivity contribution < 1.29 is 18.8 Å². The van der Waals surface area contributed by atoms with Crippen LogP contribution in [0.4, 0.5) is 14.5 Å². The fourth-order valence-corrected chi connectivity index (χ4v) is 1.12. The van der Waals surface area contributed by atoms with Gasteiger partial charge in [0.2, 0.25) is 0 Å². The van der Waals surface area contributed by atoms with E-state index in [4.69, 9.17) is 5.11 Å². The highest BCUT2D eigenvalue weighted by atomic mass is 19.3. The zero-order chi connectivity index (χ0) is 11.6. The minimum absolute atomic E-state index is 0.0977. The van der Waals surface area contributed by atoms with Gasteiger partial charge in [-0.05, 0) is 6.92 Å². The summed E-state index contributed by atoms with van der Waals surface area (Å²) in [6.07, 6.45) is -2.89. The molecule has 0 aliphatic heterocycles. The zero-order valence-electron chi connectivity index (χ0n) is 7.78. The van der Waals surface area contributed by atoms with Crippen molar-refractivity contribution in [2.45, 2.75) is 20.0 Å². The number of pyridine rings is 1. The largest absolute Gasteiger partial charge is 0.390 e. The molecule has 0 aromatic carbocycles. The number of aliphatic hydroxyl groups is 1. The predicted octanol–water partition coefficient (Wildman–Crippen LogP) is 1.73. The number of aromatic nitrogens is 1. The monoisotopic (exact) mass is 218 g/mol. The molecule has 1 N–H and O–H groups in total. The molecule has 1 rings (SSSR count). The molecule has 0 atom stereocenters. The summed E-state index contributed by atoms with van der Waals surface area (Å²) in [5.74, 6) is 0. The fraction of sp³-hybridized carbons (Fsp3) is 0.375. The Hall–Kier alpha value is -1.63. The van der Waals surface area contributed by atoms with Gasteiger partial charge in [-0.15, -0.1) is 0 Å². The van der Waals surface area contributed by atoms with Crippen molar-refractivity contribution in [2.75, 3.05) is 0 Å². The van der Waals surface area contributed by atoms with E-state index in [9.17, 15) is 18.9 Å². The third-order valence-corrected chi connectivity index (χ3v) is 1.94. The zero-order valence-corrected chi connectivity index (χ0v) is 7.78. The lowest BCUT2D eigenvalue weighted by molar-refractivity contribution is -0.385. The van der Waals surface area contributed by atoms with Gasteiger partial charge in [0.25, 0.3) is 12.1 Å². The van der Waals surface area contributed by atoms with E-state index >= 15 is 0 Å². The van der Waals surface area contributed by atoms with E-state index in [1.807, 2.05) is 0 Å². The summed E-state index contributed by atoms with van der Waals surface area (Å²) >= 11 is 0. The van der Waals surface area contributed by atoms with E-state index in [1.165, 1.54) is 6.92 Å². The van der Waals surface area contributed by atoms with Crippen molar-refractivity contribution in [2.24, 2.45) is 0 Å². The lowest BCUT2D eigenvalue weighted by atomic mass is 10.1. The number of alkyl halides is 2. The van der Waals surface area contributed by atoms with Gasteiger partial charge < -0.3 is 5.11 Å². The molecule has 1 aromatic rings. The first-order chi connectivity index (χ1) is 6.97. The van der Waals surface area contributed by atoms with Crippen LogP contribution in [-0.2, 0) is 6.61 Å². The number of hydrogen-bond acceptors (Lipinski definition) is 4. The molecule has 5 nitrogen and oxygen atoms in total. The van der Waals surface area contributed by atoms with Gasteiger partial charge in [-0.2, -0.15) is 0 Å². The predicted molar refractivity (Wildman–Crippen MR) is 46.5 cm³/mol. The van der Waals surface area contributed by atoms with Gasteiger partial charge in [0.15, 0.2) is 0 Å². The van der Waals surface area contributed by atoms with Crippen molar-refractivity contribution in [1.82, 2.24) is 4.98 Å². The molecule has 0 aliphatic rings. The first kappa shape index (κ1) is 11.4. The lowest BCUT2D eigenvalue weighted by Crippen LogP contribution is -2.03. The maximum Gasteiger partial charge on any atom is 0.280 e. The van der Waals surface area contributed by atoms with E-state index in [2.05, 4.69) is 4.98 Å². The average Bonchev–Trinajstić information content (AvgIpc) is 2.17. The standard InChI is InChI=1S/C8H8F2N2O3/c1-4-6(3-13)11-5(8(9)10)2-7(4)12(14)15/h2,8,13H,3H2,1H3. The minimum atomic E-state index is -2.89. The molecule has 1 heterocycles. The quantitative estimate of drug-likeness (QED) is 0.619. The maximum atomic E-state index is 12.3. The summed E-state index contributed by atoms with van der Waals surface area (Å²) in [4.78, 5) is 13.2. The van der Waals surface area contributed by atoms with Crippen LogP contribution in [0.1, 0.15) is 23.4 Å². The highest BCUT2D eigenvalue weighted by molar-refractivity contribution is 5.43. The molecular weight excluding hydrogens is 210 g/mol. The summed E-state index contributed by atoms with van der Waals surface area (Å²) in [5, 5.41) is 19.3. The number of halogens is 2. The second kappa shape index (κ2) is 4.26. The maximum absolute atomic E-state index is 12.3. The first-order valence-electron chi connectivity index (χ1n) is 4.01. The Kier molecular flexibility index (Phi) is 3.25. The van der Waals surface area contributed by atoms with Crippen molar-refractivity contribution in [3.8, 4) is 0 Å². The van der Waals surface area contributed by atoms with Crippen LogP contribution in [0.5, 0.6) is 0 Å². The summed E-state index contributed by atoms with van der Waals surface area (Å²) in [6.45, 7) is 0.749. The molecule has 0 saturated carbocycles. The number of hydrogen-bond donors (Lipinski definition) is 1. The van der Waals surface area contributed by atoms with Crippen molar-refractivity contribution in [3.05, 3.63) is 33.1 Å².